The average molecular weight is 363 g/mol. The van der Waals surface area contributed by atoms with Crippen LogP contribution in [0.15, 0.2) is 36.1 Å². The molecule has 26 heavy (non-hydrogen) atoms. The summed E-state index contributed by atoms with van der Waals surface area (Å²) < 4.78 is 16.0. The zero-order chi connectivity index (χ0) is 19.1. The van der Waals surface area contributed by atoms with Crippen LogP contribution in [-0.2, 0) is 19.0 Å². The Bertz CT molecular complexity index is 654. The van der Waals surface area contributed by atoms with Crippen molar-refractivity contribution in [2.24, 2.45) is 11.7 Å². The molecular weight excluding hydrogens is 338 g/mol. The van der Waals surface area contributed by atoms with Crippen molar-refractivity contribution in [3.63, 3.8) is 0 Å². The van der Waals surface area contributed by atoms with E-state index in [1.165, 1.54) is 7.11 Å². The lowest BCUT2D eigenvalue weighted by Gasteiger charge is -2.36. The van der Waals surface area contributed by atoms with E-state index in [2.05, 4.69) is 0 Å². The first kappa shape index (κ1) is 19.9. The number of carbonyl (C=O) groups excluding carboxylic acids is 2. The molecule has 2 rings (SSSR count). The van der Waals surface area contributed by atoms with Gasteiger partial charge in [-0.15, -0.1) is 0 Å². The number of benzene rings is 1. The molecule has 3 atom stereocenters. The minimum Gasteiger partial charge on any atom is -0.465 e. The van der Waals surface area contributed by atoms with Crippen molar-refractivity contribution in [2.75, 3.05) is 20.3 Å². The van der Waals surface area contributed by atoms with E-state index in [-0.39, 0.29) is 24.2 Å². The molecule has 1 heterocycles. The number of rotatable bonds is 8. The van der Waals surface area contributed by atoms with Gasteiger partial charge in [-0.1, -0.05) is 12.1 Å². The number of nitrogens with two attached hydrogens (primary N) is 1. The number of allylic oxidation sites excluding steroid dienone is 1. The Balaban J connectivity index is 2.38. The minimum absolute atomic E-state index is 0.0513. The number of aliphatic hydroxyl groups is 1. The van der Waals surface area contributed by atoms with Gasteiger partial charge in [0.1, 0.15) is 0 Å². The van der Waals surface area contributed by atoms with Crippen LogP contribution in [0.1, 0.15) is 41.6 Å². The maximum Gasteiger partial charge on any atom is 0.337 e. The fourth-order valence-electron chi connectivity index (χ4n) is 3.12. The molecule has 1 amide bonds. The molecule has 0 saturated carbocycles. The molecule has 0 unspecified atom stereocenters. The summed E-state index contributed by atoms with van der Waals surface area (Å²) in [6.45, 7) is 2.31. The number of hydrogen-bond donors (Lipinski definition) is 2. The van der Waals surface area contributed by atoms with E-state index >= 15 is 0 Å². The quantitative estimate of drug-likeness (QED) is 0.681. The van der Waals surface area contributed by atoms with Crippen molar-refractivity contribution in [1.82, 2.24) is 0 Å². The van der Waals surface area contributed by atoms with E-state index in [1.54, 1.807) is 18.2 Å². The fourth-order valence-corrected chi connectivity index (χ4v) is 3.12. The Morgan fingerprint density at radius 3 is 2.50 bits per heavy atom. The van der Waals surface area contributed by atoms with Crippen LogP contribution in [0.25, 0.3) is 0 Å². The van der Waals surface area contributed by atoms with Crippen LogP contribution < -0.4 is 5.73 Å². The second-order valence-electron chi connectivity index (χ2n) is 6.01. The van der Waals surface area contributed by atoms with Crippen molar-refractivity contribution in [2.45, 2.75) is 32.0 Å². The molecule has 0 aromatic heterocycles. The van der Waals surface area contributed by atoms with Crippen LogP contribution in [0.2, 0.25) is 0 Å². The van der Waals surface area contributed by atoms with Crippen molar-refractivity contribution >= 4 is 11.9 Å². The van der Waals surface area contributed by atoms with Gasteiger partial charge in [0.15, 0.2) is 5.76 Å². The monoisotopic (exact) mass is 363 g/mol. The molecule has 0 spiro atoms. The molecule has 0 radical (unpaired) electrons. The highest BCUT2D eigenvalue weighted by Gasteiger charge is 2.37. The van der Waals surface area contributed by atoms with E-state index < -0.39 is 18.2 Å². The summed E-state index contributed by atoms with van der Waals surface area (Å²) >= 11 is 0. The van der Waals surface area contributed by atoms with Gasteiger partial charge in [0, 0.05) is 25.0 Å². The maximum atomic E-state index is 11.7. The Morgan fingerprint density at radius 1 is 1.27 bits per heavy atom. The molecule has 3 N–H and O–H groups in total. The smallest absolute Gasteiger partial charge is 0.337 e. The highest BCUT2D eigenvalue weighted by atomic mass is 16.7. The minimum atomic E-state index is -0.661. The predicted molar refractivity (Wildman–Crippen MR) is 94.1 cm³/mol. The van der Waals surface area contributed by atoms with E-state index in [0.717, 1.165) is 5.56 Å². The molecule has 1 aliphatic rings. The van der Waals surface area contributed by atoms with Crippen LogP contribution in [0.3, 0.4) is 0 Å². The summed E-state index contributed by atoms with van der Waals surface area (Å²) in [5.41, 5.74) is 6.74. The fraction of sp³-hybridized carbons (Fsp3) is 0.474. The highest BCUT2D eigenvalue weighted by Crippen LogP contribution is 2.39. The topological polar surface area (TPSA) is 108 Å². The van der Waals surface area contributed by atoms with Crippen molar-refractivity contribution in [3.05, 3.63) is 47.2 Å². The molecule has 7 nitrogen and oxygen atoms in total. The first-order chi connectivity index (χ1) is 12.5. The zero-order valence-corrected chi connectivity index (χ0v) is 15.0. The van der Waals surface area contributed by atoms with Gasteiger partial charge >= 0.3 is 5.97 Å². The Kier molecular flexibility index (Phi) is 7.17. The molecule has 1 aromatic rings. The molecule has 142 valence electrons. The second kappa shape index (κ2) is 9.35. The lowest BCUT2D eigenvalue weighted by atomic mass is 9.80. The first-order valence-electron chi connectivity index (χ1n) is 8.60. The van der Waals surface area contributed by atoms with Crippen LogP contribution in [0.5, 0.6) is 0 Å². The molecule has 0 fully saturated rings. The maximum absolute atomic E-state index is 11.7. The van der Waals surface area contributed by atoms with Crippen LogP contribution in [0.4, 0.5) is 0 Å². The lowest BCUT2D eigenvalue weighted by Crippen LogP contribution is -2.37. The molecule has 7 heteroatoms. The Morgan fingerprint density at radius 2 is 1.96 bits per heavy atom. The van der Waals surface area contributed by atoms with Gasteiger partial charge in [0.05, 0.1) is 12.7 Å². The summed E-state index contributed by atoms with van der Waals surface area (Å²) in [6.07, 6.45) is 2.28. The molecule has 1 aromatic carbocycles. The number of carbonyl (C=O) groups is 2. The number of primary amides is 1. The number of hydrogen-bond acceptors (Lipinski definition) is 6. The largest absolute Gasteiger partial charge is 0.465 e. The van der Waals surface area contributed by atoms with Gasteiger partial charge in [-0.2, -0.15) is 0 Å². The lowest BCUT2D eigenvalue weighted by molar-refractivity contribution is -0.165. The SMILES string of the molecule is CCO[C@@H]1OC(C(N)=O)=C[C@H](c2ccc(C(=O)OC)cc2)[C@@H]1CCCO. The Hall–Kier alpha value is -2.38. The van der Waals surface area contributed by atoms with E-state index in [9.17, 15) is 14.7 Å². The van der Waals surface area contributed by atoms with Gasteiger partial charge < -0.3 is 25.1 Å². The second-order valence-corrected chi connectivity index (χ2v) is 6.01. The number of esters is 1. The highest BCUT2D eigenvalue weighted by molar-refractivity contribution is 5.90. The van der Waals surface area contributed by atoms with Crippen LogP contribution in [-0.4, -0.2) is 43.6 Å². The first-order valence-corrected chi connectivity index (χ1v) is 8.60. The third-order valence-electron chi connectivity index (χ3n) is 4.37. The molecule has 0 aliphatic carbocycles. The van der Waals surface area contributed by atoms with Crippen LogP contribution >= 0.6 is 0 Å². The predicted octanol–water partition coefficient (Wildman–Crippen LogP) is 1.71. The number of ether oxygens (including phenoxy) is 3. The summed E-state index contributed by atoms with van der Waals surface area (Å²) in [5.74, 6) is -1.31. The van der Waals surface area contributed by atoms with Gasteiger partial charge in [-0.3, -0.25) is 4.79 Å². The molecule has 0 saturated heterocycles. The van der Waals surface area contributed by atoms with Crippen LogP contribution in [0, 0.1) is 5.92 Å². The standard InChI is InChI=1S/C19H25NO6/c1-3-25-19-14(5-4-10-21)15(11-16(26-19)17(20)22)12-6-8-13(9-7-12)18(23)24-2/h6-9,11,14-15,19,21H,3-5,10H2,1-2H3,(H2,20,22)/t14-,15+,19+/m0/s1. The molecular formula is C19H25NO6. The van der Waals surface area contributed by atoms with Crippen molar-refractivity contribution < 1.29 is 28.9 Å². The number of aliphatic hydroxyl groups excluding tert-OH is 1. The van der Waals surface area contributed by atoms with E-state index in [4.69, 9.17) is 19.9 Å². The van der Waals surface area contributed by atoms with Gasteiger partial charge in [0.2, 0.25) is 6.29 Å². The van der Waals surface area contributed by atoms with E-state index in [0.29, 0.717) is 25.0 Å². The summed E-state index contributed by atoms with van der Waals surface area (Å²) in [7, 11) is 1.33. The molecule has 0 bridgehead atoms. The summed E-state index contributed by atoms with van der Waals surface area (Å²) in [6, 6.07) is 6.97. The normalized spacial score (nSPS) is 22.3. The third-order valence-corrected chi connectivity index (χ3v) is 4.37. The number of amides is 1. The van der Waals surface area contributed by atoms with Gasteiger partial charge in [-0.05, 0) is 43.5 Å². The third kappa shape index (κ3) is 4.62. The number of methoxy groups -OCH3 is 1. The van der Waals surface area contributed by atoms with Crippen molar-refractivity contribution in [3.8, 4) is 0 Å². The van der Waals surface area contributed by atoms with Gasteiger partial charge in [-0.25, -0.2) is 4.79 Å². The zero-order valence-electron chi connectivity index (χ0n) is 15.0. The molecule has 1 aliphatic heterocycles. The van der Waals surface area contributed by atoms with Crippen molar-refractivity contribution in [1.29, 1.82) is 0 Å². The summed E-state index contributed by atoms with van der Waals surface area (Å²) in [5, 5.41) is 9.21. The average Bonchev–Trinajstić information content (AvgIpc) is 2.66. The summed E-state index contributed by atoms with van der Waals surface area (Å²) in [4.78, 5) is 23.3. The van der Waals surface area contributed by atoms with Gasteiger partial charge in [0.25, 0.3) is 5.91 Å². The Labute approximate surface area is 152 Å². The van der Waals surface area contributed by atoms with E-state index in [1.807, 2.05) is 19.1 Å².